The van der Waals surface area contributed by atoms with Crippen LogP contribution < -0.4 is 4.90 Å². The van der Waals surface area contributed by atoms with Crippen molar-refractivity contribution in [3.63, 3.8) is 0 Å². The molecule has 1 aromatic rings. The Morgan fingerprint density at radius 3 is 2.38 bits per heavy atom. The van der Waals surface area contributed by atoms with Crippen molar-refractivity contribution < 1.29 is 13.2 Å². The minimum Gasteiger partial charge on any atom is -0.354 e. The Morgan fingerprint density at radius 1 is 1.14 bits per heavy atom. The zero-order valence-corrected chi connectivity index (χ0v) is 12.2. The minimum atomic E-state index is -4.14. The minimum absolute atomic E-state index is 0.375. The van der Waals surface area contributed by atoms with E-state index in [2.05, 4.69) is 9.97 Å². The molecule has 4 nitrogen and oxygen atoms in total. The fourth-order valence-corrected chi connectivity index (χ4v) is 2.68. The lowest BCUT2D eigenvalue weighted by molar-refractivity contribution is -0.146. The molecule has 1 aromatic heterocycles. The number of nitrogens with zero attached hydrogens (tertiary/aromatic N) is 4. The molecule has 0 spiro atoms. The molecule has 3 rings (SSSR count). The average Bonchev–Trinajstić information content (AvgIpc) is 3.21. The molecule has 0 atom stereocenters. The van der Waals surface area contributed by atoms with Gasteiger partial charge in [0.25, 0.3) is 0 Å². The first kappa shape index (κ1) is 14.8. The lowest BCUT2D eigenvalue weighted by atomic mass is 10.3. The van der Waals surface area contributed by atoms with Crippen molar-refractivity contribution in [2.45, 2.75) is 24.9 Å². The van der Waals surface area contributed by atoms with E-state index >= 15 is 0 Å². The molecule has 21 heavy (non-hydrogen) atoms. The summed E-state index contributed by atoms with van der Waals surface area (Å²) >= 11 is 6.02. The molecule has 0 unspecified atom stereocenters. The molecule has 1 aliphatic carbocycles. The lowest BCUT2D eigenvalue weighted by Gasteiger charge is -2.35. The van der Waals surface area contributed by atoms with E-state index < -0.39 is 12.7 Å². The van der Waals surface area contributed by atoms with E-state index in [1.165, 1.54) is 4.90 Å². The largest absolute Gasteiger partial charge is 0.401 e. The van der Waals surface area contributed by atoms with Crippen LogP contribution in [0.1, 0.15) is 24.6 Å². The molecule has 1 saturated heterocycles. The molecule has 0 bridgehead atoms. The molecule has 2 fully saturated rings. The van der Waals surface area contributed by atoms with Crippen molar-refractivity contribution in [2.75, 3.05) is 37.6 Å². The van der Waals surface area contributed by atoms with Crippen LogP contribution in [0.3, 0.4) is 0 Å². The summed E-state index contributed by atoms with van der Waals surface area (Å²) in [7, 11) is 0. The predicted molar refractivity (Wildman–Crippen MR) is 73.7 cm³/mol. The van der Waals surface area contributed by atoms with Gasteiger partial charge in [-0.2, -0.15) is 13.2 Å². The van der Waals surface area contributed by atoms with E-state index in [9.17, 15) is 13.2 Å². The van der Waals surface area contributed by atoms with Crippen LogP contribution in [0.5, 0.6) is 0 Å². The molecule has 1 saturated carbocycles. The van der Waals surface area contributed by atoms with Gasteiger partial charge in [-0.1, -0.05) is 11.6 Å². The van der Waals surface area contributed by atoms with Crippen LogP contribution in [0, 0.1) is 0 Å². The van der Waals surface area contributed by atoms with Gasteiger partial charge in [0.15, 0.2) is 0 Å². The van der Waals surface area contributed by atoms with Crippen molar-refractivity contribution >= 4 is 17.4 Å². The Bertz CT molecular complexity index is 511. The first-order chi connectivity index (χ1) is 9.90. The number of aromatic nitrogens is 2. The van der Waals surface area contributed by atoms with E-state index in [0.717, 1.165) is 24.5 Å². The van der Waals surface area contributed by atoms with Crippen LogP contribution in [0.25, 0.3) is 0 Å². The number of alkyl halides is 3. The van der Waals surface area contributed by atoms with Crippen LogP contribution in [-0.4, -0.2) is 53.8 Å². The average molecular weight is 321 g/mol. The van der Waals surface area contributed by atoms with Gasteiger partial charge in [-0.05, 0) is 12.8 Å². The third-order valence-electron chi connectivity index (χ3n) is 3.74. The fourth-order valence-electron chi connectivity index (χ4n) is 2.50. The quantitative estimate of drug-likeness (QED) is 0.802. The number of piperazine rings is 1. The van der Waals surface area contributed by atoms with Crippen LogP contribution >= 0.6 is 11.6 Å². The van der Waals surface area contributed by atoms with E-state index in [1.807, 2.05) is 4.90 Å². The Kier molecular flexibility index (Phi) is 3.96. The molecule has 2 heterocycles. The fraction of sp³-hybridized carbons (Fsp3) is 0.692. The highest BCUT2D eigenvalue weighted by Gasteiger charge is 2.33. The maximum Gasteiger partial charge on any atom is 0.401 e. The standard InChI is InChI=1S/C13H16ClF3N4/c14-10-7-11(19-12(18-10)9-1-2-9)21-5-3-20(4-6-21)8-13(15,16)17/h7,9H,1-6,8H2. The van der Waals surface area contributed by atoms with Crippen molar-refractivity contribution in [1.29, 1.82) is 0 Å². The summed E-state index contributed by atoms with van der Waals surface area (Å²) < 4.78 is 37.1. The van der Waals surface area contributed by atoms with E-state index in [4.69, 9.17) is 11.6 Å². The topological polar surface area (TPSA) is 32.3 Å². The van der Waals surface area contributed by atoms with Crippen molar-refractivity contribution in [3.8, 4) is 0 Å². The number of hydrogen-bond acceptors (Lipinski definition) is 4. The zero-order valence-electron chi connectivity index (χ0n) is 11.4. The summed E-state index contributed by atoms with van der Waals surface area (Å²) in [6.45, 7) is 0.944. The lowest BCUT2D eigenvalue weighted by Crippen LogP contribution is -2.49. The van der Waals surface area contributed by atoms with Gasteiger partial charge < -0.3 is 4.90 Å². The van der Waals surface area contributed by atoms with Crippen LogP contribution in [0.15, 0.2) is 6.07 Å². The van der Waals surface area contributed by atoms with Gasteiger partial charge in [-0.3, -0.25) is 4.90 Å². The monoisotopic (exact) mass is 320 g/mol. The Labute approximate surface area is 125 Å². The molecule has 0 radical (unpaired) electrons. The van der Waals surface area contributed by atoms with Crippen LogP contribution in [-0.2, 0) is 0 Å². The maximum absolute atomic E-state index is 12.4. The van der Waals surface area contributed by atoms with Crippen LogP contribution in [0.2, 0.25) is 5.15 Å². The smallest absolute Gasteiger partial charge is 0.354 e. The summed E-state index contributed by atoms with van der Waals surface area (Å²) in [6.07, 6.45) is -1.97. The van der Waals surface area contributed by atoms with E-state index in [-0.39, 0.29) is 0 Å². The highest BCUT2D eigenvalue weighted by Crippen LogP contribution is 2.39. The molecule has 2 aliphatic rings. The summed E-state index contributed by atoms with van der Waals surface area (Å²) in [5.41, 5.74) is 0. The number of hydrogen-bond donors (Lipinski definition) is 0. The van der Waals surface area contributed by atoms with Crippen LogP contribution in [0.4, 0.5) is 19.0 Å². The van der Waals surface area contributed by atoms with Gasteiger partial charge in [0, 0.05) is 38.2 Å². The third-order valence-corrected chi connectivity index (χ3v) is 3.93. The van der Waals surface area contributed by atoms with Gasteiger partial charge in [0.1, 0.15) is 16.8 Å². The molecule has 1 aliphatic heterocycles. The maximum atomic E-state index is 12.4. The number of anilines is 1. The van der Waals surface area contributed by atoms with E-state index in [0.29, 0.717) is 37.3 Å². The first-order valence-corrected chi connectivity index (χ1v) is 7.37. The molecular formula is C13H16ClF3N4. The summed E-state index contributed by atoms with van der Waals surface area (Å²) in [5.74, 6) is 1.88. The van der Waals surface area contributed by atoms with Gasteiger partial charge in [-0.25, -0.2) is 9.97 Å². The molecule has 8 heteroatoms. The molecule has 0 amide bonds. The predicted octanol–water partition coefficient (Wildman–Crippen LogP) is 2.69. The zero-order chi connectivity index (χ0) is 15.0. The SMILES string of the molecule is FC(F)(F)CN1CCN(c2cc(Cl)nc(C3CC3)n2)CC1. The van der Waals surface area contributed by atoms with E-state index in [1.54, 1.807) is 6.07 Å². The highest BCUT2D eigenvalue weighted by molar-refractivity contribution is 6.29. The summed E-state index contributed by atoms with van der Waals surface area (Å²) in [4.78, 5) is 12.1. The van der Waals surface area contributed by atoms with Crippen molar-refractivity contribution in [1.82, 2.24) is 14.9 Å². The second kappa shape index (κ2) is 5.61. The summed E-state index contributed by atoms with van der Waals surface area (Å²) in [5, 5.41) is 0.402. The third kappa shape index (κ3) is 3.97. The number of rotatable bonds is 3. The number of halogens is 4. The Hall–Kier alpha value is -1.08. The summed E-state index contributed by atoms with van der Waals surface area (Å²) in [6, 6.07) is 1.69. The van der Waals surface area contributed by atoms with Gasteiger partial charge >= 0.3 is 6.18 Å². The van der Waals surface area contributed by atoms with Gasteiger partial charge in [-0.15, -0.1) is 0 Å². The van der Waals surface area contributed by atoms with Gasteiger partial charge in [0.05, 0.1) is 6.54 Å². The van der Waals surface area contributed by atoms with Crippen molar-refractivity contribution in [2.24, 2.45) is 0 Å². The Balaban J connectivity index is 1.64. The van der Waals surface area contributed by atoms with Crippen molar-refractivity contribution in [3.05, 3.63) is 17.0 Å². The molecule has 116 valence electrons. The molecule has 0 aromatic carbocycles. The highest BCUT2D eigenvalue weighted by atomic mass is 35.5. The Morgan fingerprint density at radius 2 is 1.81 bits per heavy atom. The second-order valence-corrected chi connectivity index (χ2v) is 5.95. The van der Waals surface area contributed by atoms with Gasteiger partial charge in [0.2, 0.25) is 0 Å². The normalized spacial score (nSPS) is 20.9. The molecular weight excluding hydrogens is 305 g/mol. The second-order valence-electron chi connectivity index (χ2n) is 5.56. The first-order valence-electron chi connectivity index (χ1n) is 6.99. The molecule has 0 N–H and O–H groups in total.